The van der Waals surface area contributed by atoms with Gasteiger partial charge in [0.25, 0.3) is 11.6 Å². The highest BCUT2D eigenvalue weighted by atomic mass is 31.2. The lowest BCUT2D eigenvalue weighted by atomic mass is 10.2. The van der Waals surface area contributed by atoms with Gasteiger partial charge in [-0.25, -0.2) is 4.90 Å². The zero-order chi connectivity index (χ0) is 24.4. The molecule has 7 heteroatoms. The Morgan fingerprint density at radius 2 is 1.09 bits per heavy atom. The van der Waals surface area contributed by atoms with Crippen molar-refractivity contribution in [3.8, 4) is 0 Å². The Labute approximate surface area is 202 Å². The van der Waals surface area contributed by atoms with Crippen LogP contribution in [0.15, 0.2) is 115 Å². The molecule has 6 nitrogen and oxygen atoms in total. The van der Waals surface area contributed by atoms with Gasteiger partial charge in [0, 0.05) is 17.4 Å². The number of nitro groups is 1. The Morgan fingerprint density at radius 3 is 1.49 bits per heavy atom. The number of nitrogens with zero attached hydrogens (tertiary/aromatic N) is 2. The Bertz CT molecular complexity index is 1360. The number of carbonyl (C=O) groups is 2. The van der Waals surface area contributed by atoms with Gasteiger partial charge >= 0.3 is 0 Å². The molecule has 0 radical (unpaired) electrons. The van der Waals surface area contributed by atoms with Crippen LogP contribution in [-0.4, -0.2) is 22.0 Å². The molecule has 1 fully saturated rings. The molecule has 0 unspecified atom stereocenters. The Kier molecular flexibility index (Phi) is 5.89. The SMILES string of the molecule is O=C1CC(=P(c2ccccc2)(c2ccccc2)c2ccccc2)C(=O)N1c1ccc([N+](=O)[O-])cc1. The van der Waals surface area contributed by atoms with Crippen LogP contribution in [0.3, 0.4) is 0 Å². The van der Waals surface area contributed by atoms with E-state index >= 15 is 0 Å². The number of hydrogen-bond acceptors (Lipinski definition) is 4. The summed E-state index contributed by atoms with van der Waals surface area (Å²) >= 11 is 0. The minimum absolute atomic E-state index is 0.0255. The molecule has 0 bridgehead atoms. The smallest absolute Gasteiger partial charge is 0.269 e. The molecule has 0 aliphatic carbocycles. The largest absolute Gasteiger partial charge is 0.274 e. The Morgan fingerprint density at radius 1 is 0.657 bits per heavy atom. The van der Waals surface area contributed by atoms with Crippen LogP contribution in [0, 0.1) is 10.1 Å². The maximum absolute atomic E-state index is 14.1. The molecule has 0 atom stereocenters. The fourth-order valence-corrected chi connectivity index (χ4v) is 9.10. The zero-order valence-electron chi connectivity index (χ0n) is 18.7. The predicted octanol–water partition coefficient (Wildman–Crippen LogP) is 4.02. The Hall–Kier alpha value is -4.28. The van der Waals surface area contributed by atoms with Crippen LogP contribution < -0.4 is 20.8 Å². The van der Waals surface area contributed by atoms with Gasteiger partial charge in [0.15, 0.2) is 0 Å². The highest BCUT2D eigenvalue weighted by Gasteiger charge is 2.43. The zero-order valence-corrected chi connectivity index (χ0v) is 19.5. The number of anilines is 1. The van der Waals surface area contributed by atoms with Gasteiger partial charge in [-0.05, 0) is 34.9 Å². The molecule has 0 N–H and O–H groups in total. The maximum atomic E-state index is 14.1. The van der Waals surface area contributed by atoms with E-state index in [0.717, 1.165) is 20.8 Å². The summed E-state index contributed by atoms with van der Waals surface area (Å²) in [7, 11) is 0. The molecule has 5 rings (SSSR count). The van der Waals surface area contributed by atoms with E-state index < -0.39 is 11.8 Å². The van der Waals surface area contributed by atoms with E-state index in [9.17, 15) is 19.7 Å². The minimum atomic E-state index is -2.68. The number of nitro benzene ring substituents is 1. The van der Waals surface area contributed by atoms with E-state index in [1.165, 1.54) is 24.3 Å². The molecular formula is C28H21N2O4P. The van der Waals surface area contributed by atoms with E-state index in [2.05, 4.69) is 0 Å². The molecule has 1 aliphatic rings. The van der Waals surface area contributed by atoms with E-state index in [4.69, 9.17) is 0 Å². The first kappa shape index (κ1) is 22.5. The van der Waals surface area contributed by atoms with Crippen molar-refractivity contribution in [2.75, 3.05) is 4.90 Å². The molecule has 4 aromatic carbocycles. The second kappa shape index (κ2) is 9.16. The van der Waals surface area contributed by atoms with Crippen LogP contribution in [0.4, 0.5) is 11.4 Å². The average molecular weight is 480 g/mol. The molecule has 172 valence electrons. The Balaban J connectivity index is 1.82. The summed E-state index contributed by atoms with van der Waals surface area (Å²) in [5.41, 5.74) is 0.227. The van der Waals surface area contributed by atoms with Crippen LogP contribution in [0.25, 0.3) is 0 Å². The van der Waals surface area contributed by atoms with Crippen molar-refractivity contribution in [1.29, 1.82) is 0 Å². The molecular weight excluding hydrogens is 459 g/mol. The van der Waals surface area contributed by atoms with E-state index in [-0.39, 0.29) is 23.9 Å². The summed E-state index contributed by atoms with van der Waals surface area (Å²) in [6.45, 7) is -2.68. The molecule has 2 amide bonds. The van der Waals surface area contributed by atoms with Crippen LogP contribution in [-0.2, 0) is 9.59 Å². The third-order valence-electron chi connectivity index (χ3n) is 6.17. The van der Waals surface area contributed by atoms with Gasteiger partial charge in [0.1, 0.15) is 0 Å². The molecule has 0 aromatic heterocycles. The van der Waals surface area contributed by atoms with E-state index in [1.807, 2.05) is 91.0 Å². The topological polar surface area (TPSA) is 80.5 Å². The van der Waals surface area contributed by atoms with Gasteiger partial charge in [-0.2, -0.15) is 0 Å². The quantitative estimate of drug-likeness (QED) is 0.187. The first-order valence-corrected chi connectivity index (χ1v) is 12.9. The number of hydrogen-bond donors (Lipinski definition) is 0. The van der Waals surface area contributed by atoms with Crippen molar-refractivity contribution in [3.63, 3.8) is 0 Å². The number of rotatable bonds is 5. The summed E-state index contributed by atoms with van der Waals surface area (Å²) in [5.74, 6) is -0.709. The molecule has 0 spiro atoms. The van der Waals surface area contributed by atoms with Crippen LogP contribution in [0.2, 0.25) is 0 Å². The standard InChI is InChI=1S/C28H21N2O4P/c31-27-20-26(28(32)29(27)21-16-18-22(19-17-21)30(33)34)35(23-10-4-1-5-11-23,24-12-6-2-7-13-24)25-14-8-3-9-15-25/h1-19H,20H2. The normalized spacial score (nSPS) is 13.8. The third-order valence-corrected chi connectivity index (χ3v) is 10.5. The lowest BCUT2D eigenvalue weighted by Gasteiger charge is -2.31. The number of carbonyl (C=O) groups excluding carboxylic acids is 2. The first-order valence-electron chi connectivity index (χ1n) is 11.1. The minimum Gasteiger partial charge on any atom is -0.274 e. The predicted molar refractivity (Wildman–Crippen MR) is 140 cm³/mol. The fourth-order valence-electron chi connectivity index (χ4n) is 4.66. The van der Waals surface area contributed by atoms with Gasteiger partial charge < -0.3 is 0 Å². The van der Waals surface area contributed by atoms with Crippen molar-refractivity contribution in [2.24, 2.45) is 0 Å². The van der Waals surface area contributed by atoms with Crippen LogP contribution in [0.5, 0.6) is 0 Å². The second-order valence-corrected chi connectivity index (χ2v) is 11.5. The van der Waals surface area contributed by atoms with Gasteiger partial charge in [-0.3, -0.25) is 19.7 Å². The number of non-ortho nitro benzene ring substituents is 1. The summed E-state index contributed by atoms with van der Waals surface area (Å²) in [4.78, 5) is 39.1. The van der Waals surface area contributed by atoms with Gasteiger partial charge in [0.2, 0.25) is 5.91 Å². The monoisotopic (exact) mass is 480 g/mol. The van der Waals surface area contributed by atoms with Crippen molar-refractivity contribution in [2.45, 2.75) is 6.42 Å². The number of benzene rings is 4. The summed E-state index contributed by atoms with van der Waals surface area (Å²) in [6.07, 6.45) is -0.0255. The molecule has 35 heavy (non-hydrogen) atoms. The average Bonchev–Trinajstić information content (AvgIpc) is 3.20. The van der Waals surface area contributed by atoms with Crippen molar-refractivity contribution in [3.05, 3.63) is 125 Å². The van der Waals surface area contributed by atoms with E-state index in [1.54, 1.807) is 0 Å². The number of imide groups is 1. The van der Waals surface area contributed by atoms with Gasteiger partial charge in [0.05, 0.1) is 17.0 Å². The van der Waals surface area contributed by atoms with Gasteiger partial charge in [-0.1, -0.05) is 91.0 Å². The van der Waals surface area contributed by atoms with Crippen molar-refractivity contribution < 1.29 is 14.5 Å². The second-order valence-electron chi connectivity index (χ2n) is 8.11. The highest BCUT2D eigenvalue weighted by molar-refractivity contribution is 7.96. The molecule has 0 saturated carbocycles. The fraction of sp³-hybridized carbons (Fsp3) is 0.0357. The molecule has 1 aliphatic heterocycles. The van der Waals surface area contributed by atoms with Crippen LogP contribution >= 0.6 is 6.89 Å². The van der Waals surface area contributed by atoms with Crippen molar-refractivity contribution >= 4 is 51.3 Å². The highest BCUT2D eigenvalue weighted by Crippen LogP contribution is 2.48. The summed E-state index contributed by atoms with van der Waals surface area (Å²) in [5, 5.41) is 14.6. The lowest BCUT2D eigenvalue weighted by Crippen LogP contribution is -2.35. The van der Waals surface area contributed by atoms with Crippen molar-refractivity contribution in [1.82, 2.24) is 0 Å². The first-order chi connectivity index (χ1) is 17.0. The maximum Gasteiger partial charge on any atom is 0.269 e. The van der Waals surface area contributed by atoms with Gasteiger partial charge in [-0.15, -0.1) is 0 Å². The molecule has 4 aromatic rings. The van der Waals surface area contributed by atoms with Crippen LogP contribution in [0.1, 0.15) is 6.42 Å². The lowest BCUT2D eigenvalue weighted by molar-refractivity contribution is -0.384. The number of amides is 2. The summed E-state index contributed by atoms with van der Waals surface area (Å²) in [6, 6.07) is 35.1. The van der Waals surface area contributed by atoms with E-state index in [0.29, 0.717) is 11.0 Å². The third kappa shape index (κ3) is 3.78. The molecule has 1 saturated heterocycles. The molecule has 1 heterocycles. The summed E-state index contributed by atoms with van der Waals surface area (Å²) < 4.78 is 0.